The van der Waals surface area contributed by atoms with Crippen LogP contribution in [0.1, 0.15) is 51.7 Å². The molecule has 1 aliphatic rings. The Hall–Kier alpha value is -1.39. The predicted octanol–water partition coefficient (Wildman–Crippen LogP) is 3.84. The fourth-order valence-electron chi connectivity index (χ4n) is 3.71. The van der Waals surface area contributed by atoms with Crippen LogP contribution in [-0.2, 0) is 22.6 Å². The second kappa shape index (κ2) is 10.7. The summed E-state index contributed by atoms with van der Waals surface area (Å²) in [6, 6.07) is 8.64. The minimum atomic E-state index is 0.0501. The van der Waals surface area contributed by atoms with E-state index in [4.69, 9.17) is 4.74 Å². The van der Waals surface area contributed by atoms with E-state index < -0.39 is 0 Å². The Bertz CT molecular complexity index is 532. The Morgan fingerprint density at radius 1 is 1.15 bits per heavy atom. The second-order valence-corrected chi connectivity index (χ2v) is 8.45. The lowest BCUT2D eigenvalue weighted by atomic mass is 9.91. The number of carbonyl (C=O) groups is 1. The average molecular weight is 361 g/mol. The minimum absolute atomic E-state index is 0.0501. The molecule has 1 N–H and O–H groups in total. The molecule has 1 fully saturated rings. The van der Waals surface area contributed by atoms with Crippen LogP contribution in [0.3, 0.4) is 0 Å². The van der Waals surface area contributed by atoms with Gasteiger partial charge >= 0.3 is 0 Å². The van der Waals surface area contributed by atoms with Crippen LogP contribution in [0.15, 0.2) is 24.3 Å². The van der Waals surface area contributed by atoms with E-state index in [0.717, 1.165) is 23.9 Å². The van der Waals surface area contributed by atoms with Crippen molar-refractivity contribution in [2.75, 3.05) is 26.3 Å². The Kier molecular flexibility index (Phi) is 8.60. The normalized spacial score (nSPS) is 21.1. The van der Waals surface area contributed by atoms with Crippen molar-refractivity contribution in [3.05, 3.63) is 35.4 Å². The molecule has 0 aromatic heterocycles. The third-order valence-corrected chi connectivity index (χ3v) is 4.79. The van der Waals surface area contributed by atoms with E-state index in [0.29, 0.717) is 32.1 Å². The van der Waals surface area contributed by atoms with Gasteiger partial charge in [0.1, 0.15) is 0 Å². The molecule has 146 valence electrons. The maximum absolute atomic E-state index is 11.9. The van der Waals surface area contributed by atoms with E-state index in [9.17, 15) is 4.79 Å². The Morgan fingerprint density at radius 2 is 1.77 bits per heavy atom. The van der Waals surface area contributed by atoms with Gasteiger partial charge in [-0.15, -0.1) is 0 Å². The van der Waals surface area contributed by atoms with E-state index in [1.54, 1.807) is 0 Å². The zero-order valence-corrected chi connectivity index (χ0v) is 17.0. The van der Waals surface area contributed by atoms with Crippen molar-refractivity contribution < 1.29 is 9.53 Å². The number of piperidine rings is 1. The van der Waals surface area contributed by atoms with Crippen molar-refractivity contribution in [2.24, 2.45) is 17.8 Å². The number of nitrogens with one attached hydrogen (secondary N) is 1. The summed E-state index contributed by atoms with van der Waals surface area (Å²) in [5, 5.41) is 2.97. The van der Waals surface area contributed by atoms with Gasteiger partial charge in [-0.2, -0.15) is 0 Å². The molecule has 4 heteroatoms. The molecule has 26 heavy (non-hydrogen) atoms. The van der Waals surface area contributed by atoms with Gasteiger partial charge in [0.15, 0.2) is 0 Å². The first-order chi connectivity index (χ1) is 12.4. The molecule has 0 bridgehead atoms. The summed E-state index contributed by atoms with van der Waals surface area (Å²) >= 11 is 0. The smallest absolute Gasteiger partial charge is 0.222 e. The highest BCUT2D eigenvalue weighted by atomic mass is 16.5. The number of rotatable bonds is 9. The maximum Gasteiger partial charge on any atom is 0.222 e. The first-order valence-corrected chi connectivity index (χ1v) is 10.1. The fraction of sp³-hybridized carbons (Fsp3) is 0.682. The molecule has 0 spiro atoms. The van der Waals surface area contributed by atoms with Crippen molar-refractivity contribution in [1.82, 2.24) is 10.2 Å². The molecule has 1 aromatic carbocycles. The Morgan fingerprint density at radius 3 is 2.38 bits per heavy atom. The maximum atomic E-state index is 11.9. The Labute approximate surface area is 159 Å². The van der Waals surface area contributed by atoms with Gasteiger partial charge in [0, 0.05) is 39.2 Å². The van der Waals surface area contributed by atoms with E-state index in [1.807, 2.05) is 0 Å². The minimum Gasteiger partial charge on any atom is -0.381 e. The van der Waals surface area contributed by atoms with Gasteiger partial charge in [-0.1, -0.05) is 52.0 Å². The standard InChI is InChI=1S/C22H36N2O2/c1-17(2)16-26-10-9-22(25)23-12-20-5-7-21(8-6-20)15-24-13-18(3)11-19(4)14-24/h5-8,17-19H,9-16H2,1-4H3,(H,23,25). The van der Waals surface area contributed by atoms with Crippen molar-refractivity contribution >= 4 is 5.91 Å². The van der Waals surface area contributed by atoms with Crippen LogP contribution in [0.4, 0.5) is 0 Å². The average Bonchev–Trinajstić information content (AvgIpc) is 2.57. The van der Waals surface area contributed by atoms with Crippen LogP contribution >= 0.6 is 0 Å². The molecule has 1 aliphatic heterocycles. The molecule has 2 atom stereocenters. The predicted molar refractivity (Wildman–Crippen MR) is 107 cm³/mol. The van der Waals surface area contributed by atoms with E-state index in [1.165, 1.54) is 25.1 Å². The number of benzene rings is 1. The van der Waals surface area contributed by atoms with Crippen LogP contribution in [0.2, 0.25) is 0 Å². The third-order valence-electron chi connectivity index (χ3n) is 4.79. The van der Waals surface area contributed by atoms with Gasteiger partial charge in [0.05, 0.1) is 6.61 Å². The van der Waals surface area contributed by atoms with Crippen LogP contribution in [0, 0.1) is 17.8 Å². The lowest BCUT2D eigenvalue weighted by Crippen LogP contribution is -2.38. The molecule has 2 unspecified atom stereocenters. The number of hydrogen-bond acceptors (Lipinski definition) is 3. The number of nitrogens with zero attached hydrogens (tertiary/aromatic N) is 1. The molecule has 1 heterocycles. The highest BCUT2D eigenvalue weighted by Gasteiger charge is 2.21. The lowest BCUT2D eigenvalue weighted by Gasteiger charge is -2.35. The van der Waals surface area contributed by atoms with Gasteiger partial charge in [0.25, 0.3) is 0 Å². The van der Waals surface area contributed by atoms with Crippen LogP contribution in [0.5, 0.6) is 0 Å². The largest absolute Gasteiger partial charge is 0.381 e. The highest BCUT2D eigenvalue weighted by Crippen LogP contribution is 2.22. The number of ether oxygens (including phenoxy) is 1. The molecule has 1 aromatic rings. The first kappa shape index (κ1) is 20.9. The summed E-state index contributed by atoms with van der Waals surface area (Å²) in [6.45, 7) is 14.1. The summed E-state index contributed by atoms with van der Waals surface area (Å²) in [5.41, 5.74) is 2.49. The highest BCUT2D eigenvalue weighted by molar-refractivity contribution is 5.75. The molecule has 2 rings (SSSR count). The van der Waals surface area contributed by atoms with E-state index >= 15 is 0 Å². The van der Waals surface area contributed by atoms with Gasteiger partial charge in [-0.25, -0.2) is 0 Å². The first-order valence-electron chi connectivity index (χ1n) is 10.1. The molecule has 4 nitrogen and oxygen atoms in total. The van der Waals surface area contributed by atoms with Gasteiger partial charge < -0.3 is 10.1 Å². The van der Waals surface area contributed by atoms with E-state index in [-0.39, 0.29) is 5.91 Å². The summed E-state index contributed by atoms with van der Waals surface area (Å²) in [6.07, 6.45) is 1.77. The van der Waals surface area contributed by atoms with Crippen molar-refractivity contribution in [2.45, 2.75) is 53.6 Å². The topological polar surface area (TPSA) is 41.6 Å². The zero-order chi connectivity index (χ0) is 18.9. The monoisotopic (exact) mass is 360 g/mol. The van der Waals surface area contributed by atoms with Crippen molar-refractivity contribution in [1.29, 1.82) is 0 Å². The van der Waals surface area contributed by atoms with Crippen LogP contribution in [0.25, 0.3) is 0 Å². The quantitative estimate of drug-likeness (QED) is 0.680. The summed E-state index contributed by atoms with van der Waals surface area (Å²) < 4.78 is 5.46. The lowest BCUT2D eigenvalue weighted by molar-refractivity contribution is -0.122. The summed E-state index contributed by atoms with van der Waals surface area (Å²) in [5.74, 6) is 2.14. The number of hydrogen-bond donors (Lipinski definition) is 1. The SMILES string of the molecule is CC(C)COCCC(=O)NCc1ccc(CN2CC(C)CC(C)C2)cc1. The van der Waals surface area contributed by atoms with E-state index in [2.05, 4.69) is 62.2 Å². The van der Waals surface area contributed by atoms with Crippen molar-refractivity contribution in [3.63, 3.8) is 0 Å². The molecular formula is C22H36N2O2. The molecule has 1 saturated heterocycles. The third kappa shape index (κ3) is 7.88. The summed E-state index contributed by atoms with van der Waals surface area (Å²) in [7, 11) is 0. The van der Waals surface area contributed by atoms with Crippen molar-refractivity contribution in [3.8, 4) is 0 Å². The zero-order valence-electron chi connectivity index (χ0n) is 17.0. The molecule has 0 radical (unpaired) electrons. The number of likely N-dealkylation sites (tertiary alicyclic amines) is 1. The number of carbonyl (C=O) groups excluding carboxylic acids is 1. The summed E-state index contributed by atoms with van der Waals surface area (Å²) in [4.78, 5) is 14.4. The molecule has 0 saturated carbocycles. The van der Waals surface area contributed by atoms with Gasteiger partial charge in [-0.3, -0.25) is 9.69 Å². The molecular weight excluding hydrogens is 324 g/mol. The molecule has 1 amide bonds. The second-order valence-electron chi connectivity index (χ2n) is 8.45. The van der Waals surface area contributed by atoms with Crippen LogP contribution < -0.4 is 5.32 Å². The number of amides is 1. The van der Waals surface area contributed by atoms with Gasteiger partial charge in [-0.05, 0) is 35.3 Å². The van der Waals surface area contributed by atoms with Gasteiger partial charge in [0.2, 0.25) is 5.91 Å². The fourth-order valence-corrected chi connectivity index (χ4v) is 3.71. The Balaban J connectivity index is 1.69. The molecule has 0 aliphatic carbocycles. The van der Waals surface area contributed by atoms with Crippen LogP contribution in [-0.4, -0.2) is 37.1 Å².